The van der Waals surface area contributed by atoms with E-state index in [1.54, 1.807) is 27.7 Å². The maximum absolute atomic E-state index is 12.2. The first kappa shape index (κ1) is 17.5. The first-order valence-electron chi connectivity index (χ1n) is 6.68. The summed E-state index contributed by atoms with van der Waals surface area (Å²) < 4.78 is 0. The highest BCUT2D eigenvalue weighted by Crippen LogP contribution is 2.32. The Kier molecular flexibility index (Phi) is 5.36. The van der Waals surface area contributed by atoms with Crippen LogP contribution in [-0.4, -0.2) is 45.8 Å². The van der Waals surface area contributed by atoms with Gasteiger partial charge in [-0.1, -0.05) is 0 Å². The van der Waals surface area contributed by atoms with Crippen molar-refractivity contribution >= 4 is 28.3 Å². The van der Waals surface area contributed by atoms with Crippen LogP contribution in [0.2, 0.25) is 0 Å². The number of hydrogen-bond donors (Lipinski definition) is 3. The molecule has 0 atom stereocenters. The molecule has 3 N–H and O–H groups in total. The molecule has 0 saturated heterocycles. The Morgan fingerprint density at radius 1 is 1.33 bits per heavy atom. The van der Waals surface area contributed by atoms with Gasteiger partial charge in [0.05, 0.1) is 17.7 Å². The van der Waals surface area contributed by atoms with Gasteiger partial charge in [0.2, 0.25) is 0 Å². The number of likely N-dealkylation sites (N-methyl/N-ethyl adjacent to an activating group) is 1. The molecule has 0 fully saturated rings. The van der Waals surface area contributed by atoms with Gasteiger partial charge in [0.15, 0.2) is 0 Å². The normalized spacial score (nSPS) is 11.3. The lowest BCUT2D eigenvalue weighted by Crippen LogP contribution is -2.44. The lowest BCUT2D eigenvalue weighted by atomic mass is 10.1. The first-order chi connectivity index (χ1) is 9.56. The predicted octanol–water partition coefficient (Wildman–Crippen LogP) is 2.69. The van der Waals surface area contributed by atoms with Crippen molar-refractivity contribution in [3.63, 3.8) is 0 Å². The highest BCUT2D eigenvalue weighted by molar-refractivity contribution is 7.16. The number of carbonyl (C=O) groups excluding carboxylic acids is 1. The number of anilines is 1. The zero-order valence-electron chi connectivity index (χ0n) is 13.0. The summed E-state index contributed by atoms with van der Waals surface area (Å²) >= 11 is 1.24. The van der Waals surface area contributed by atoms with Gasteiger partial charge in [0.25, 0.3) is 0 Å². The predicted molar refractivity (Wildman–Crippen MR) is 83.3 cm³/mol. The van der Waals surface area contributed by atoms with E-state index < -0.39 is 17.6 Å². The molecule has 0 spiro atoms. The number of carboxylic acid groups (broad SMARTS) is 1. The Balaban J connectivity index is 2.97. The number of hydrogen-bond acceptors (Lipinski definition) is 4. The monoisotopic (exact) mass is 314 g/mol. The minimum atomic E-state index is -1.06. The average molecular weight is 314 g/mol. The molecule has 6 nitrogen and oxygen atoms in total. The van der Waals surface area contributed by atoms with Crippen molar-refractivity contribution in [3.05, 3.63) is 16.0 Å². The van der Waals surface area contributed by atoms with Crippen LogP contribution in [0.3, 0.4) is 0 Å². The third-order valence-corrected chi connectivity index (χ3v) is 4.19. The standard InChI is InChI=1S/C14H22N2O4S/c1-6-16(7-14(4,5)20)13(19)15-11-10(12(17)18)8(2)9(3)21-11/h20H,6-7H2,1-5H3,(H,15,19)(H,17,18). The maximum atomic E-state index is 12.2. The van der Waals surface area contributed by atoms with Crippen molar-refractivity contribution in [2.45, 2.75) is 40.2 Å². The van der Waals surface area contributed by atoms with E-state index in [4.69, 9.17) is 0 Å². The van der Waals surface area contributed by atoms with Crippen molar-refractivity contribution in [2.24, 2.45) is 0 Å². The molecule has 0 bridgehead atoms. The third kappa shape index (κ3) is 4.44. The molecule has 0 aliphatic rings. The minimum absolute atomic E-state index is 0.130. The molecule has 0 aliphatic carbocycles. The van der Waals surface area contributed by atoms with Crippen LogP contribution in [0.25, 0.3) is 0 Å². The molecule has 0 aliphatic heterocycles. The zero-order chi connectivity index (χ0) is 16.4. The highest BCUT2D eigenvalue weighted by Gasteiger charge is 2.25. The minimum Gasteiger partial charge on any atom is -0.478 e. The van der Waals surface area contributed by atoms with E-state index in [1.807, 2.05) is 6.92 Å². The summed E-state index contributed by atoms with van der Waals surface area (Å²) in [6, 6.07) is -0.414. The quantitative estimate of drug-likeness (QED) is 0.779. The summed E-state index contributed by atoms with van der Waals surface area (Å²) in [5.41, 5.74) is -0.219. The molecule has 7 heteroatoms. The summed E-state index contributed by atoms with van der Waals surface area (Å²) in [4.78, 5) is 25.8. The highest BCUT2D eigenvalue weighted by atomic mass is 32.1. The number of nitrogens with one attached hydrogen (secondary N) is 1. The van der Waals surface area contributed by atoms with Gasteiger partial charge in [0, 0.05) is 11.4 Å². The van der Waals surface area contributed by atoms with E-state index in [-0.39, 0.29) is 12.1 Å². The molecule has 0 aromatic carbocycles. The molecule has 1 aromatic heterocycles. The van der Waals surface area contributed by atoms with Gasteiger partial charge in [-0.2, -0.15) is 0 Å². The number of carbonyl (C=O) groups is 2. The fourth-order valence-corrected chi connectivity index (χ4v) is 2.99. The summed E-state index contributed by atoms with van der Waals surface area (Å²) in [6.07, 6.45) is 0. The van der Waals surface area contributed by atoms with Crippen LogP contribution in [0.1, 0.15) is 41.6 Å². The van der Waals surface area contributed by atoms with E-state index in [9.17, 15) is 19.8 Å². The SMILES string of the molecule is CCN(CC(C)(C)O)C(=O)Nc1sc(C)c(C)c1C(=O)O. The van der Waals surface area contributed by atoms with Gasteiger partial charge in [-0.15, -0.1) is 11.3 Å². The van der Waals surface area contributed by atoms with Crippen LogP contribution in [-0.2, 0) is 0 Å². The van der Waals surface area contributed by atoms with E-state index in [0.29, 0.717) is 17.1 Å². The van der Waals surface area contributed by atoms with Gasteiger partial charge in [-0.25, -0.2) is 9.59 Å². The lowest BCUT2D eigenvalue weighted by molar-refractivity contribution is 0.0500. The number of aliphatic hydroxyl groups is 1. The number of amides is 2. The Morgan fingerprint density at radius 2 is 1.90 bits per heavy atom. The van der Waals surface area contributed by atoms with Gasteiger partial charge in [-0.3, -0.25) is 5.32 Å². The van der Waals surface area contributed by atoms with E-state index in [2.05, 4.69) is 5.32 Å². The summed E-state index contributed by atoms with van der Waals surface area (Å²) in [6.45, 7) is 9.16. The van der Waals surface area contributed by atoms with Crippen LogP contribution >= 0.6 is 11.3 Å². The summed E-state index contributed by atoms with van der Waals surface area (Å²) in [7, 11) is 0. The topological polar surface area (TPSA) is 89.9 Å². The van der Waals surface area contributed by atoms with E-state index in [0.717, 1.165) is 4.88 Å². The summed E-state index contributed by atoms with van der Waals surface area (Å²) in [5, 5.41) is 22.0. The van der Waals surface area contributed by atoms with Gasteiger partial charge >= 0.3 is 12.0 Å². The molecule has 21 heavy (non-hydrogen) atoms. The van der Waals surface area contributed by atoms with Crippen molar-refractivity contribution in [1.82, 2.24) is 4.90 Å². The molecule has 0 unspecified atom stereocenters. The molecule has 1 heterocycles. The molecular weight excluding hydrogens is 292 g/mol. The van der Waals surface area contributed by atoms with Crippen molar-refractivity contribution in [1.29, 1.82) is 0 Å². The van der Waals surface area contributed by atoms with Crippen molar-refractivity contribution in [3.8, 4) is 0 Å². The second kappa shape index (κ2) is 6.44. The lowest BCUT2D eigenvalue weighted by Gasteiger charge is -2.28. The molecule has 1 aromatic rings. The van der Waals surface area contributed by atoms with Crippen LogP contribution in [0.5, 0.6) is 0 Å². The number of aromatic carboxylic acids is 1. The zero-order valence-corrected chi connectivity index (χ0v) is 13.8. The van der Waals surface area contributed by atoms with Gasteiger partial charge < -0.3 is 15.1 Å². The molecule has 2 amide bonds. The van der Waals surface area contributed by atoms with E-state index in [1.165, 1.54) is 16.2 Å². The van der Waals surface area contributed by atoms with Gasteiger partial charge in [0.1, 0.15) is 5.00 Å². The fourth-order valence-electron chi connectivity index (χ4n) is 1.94. The van der Waals surface area contributed by atoms with E-state index >= 15 is 0 Å². The van der Waals surface area contributed by atoms with Gasteiger partial charge in [-0.05, 0) is 40.2 Å². The Labute approximate surface area is 128 Å². The Bertz CT molecular complexity index is 546. The number of thiophene rings is 1. The number of nitrogens with zero attached hydrogens (tertiary/aromatic N) is 1. The van der Waals surface area contributed by atoms with Crippen LogP contribution < -0.4 is 5.32 Å². The second-order valence-corrected chi connectivity index (χ2v) is 6.77. The number of carboxylic acids is 1. The average Bonchev–Trinajstić information content (AvgIpc) is 2.60. The first-order valence-corrected chi connectivity index (χ1v) is 7.50. The van der Waals surface area contributed by atoms with Crippen LogP contribution in [0, 0.1) is 13.8 Å². The smallest absolute Gasteiger partial charge is 0.338 e. The molecule has 1 rings (SSSR count). The molecule has 0 radical (unpaired) electrons. The number of rotatable bonds is 5. The fraction of sp³-hybridized carbons (Fsp3) is 0.571. The van der Waals surface area contributed by atoms with Crippen molar-refractivity contribution in [2.75, 3.05) is 18.4 Å². The number of aryl methyl sites for hydroxylation is 1. The number of urea groups is 1. The molecular formula is C14H22N2O4S. The van der Waals surface area contributed by atoms with Crippen LogP contribution in [0.4, 0.5) is 9.80 Å². The molecule has 118 valence electrons. The third-order valence-electron chi connectivity index (χ3n) is 3.07. The second-order valence-electron chi connectivity index (χ2n) is 5.55. The molecule has 0 saturated carbocycles. The largest absolute Gasteiger partial charge is 0.478 e. The summed E-state index contributed by atoms with van der Waals surface area (Å²) in [5.74, 6) is -1.06. The Hall–Kier alpha value is -1.60. The Morgan fingerprint density at radius 3 is 2.33 bits per heavy atom. The van der Waals surface area contributed by atoms with Crippen molar-refractivity contribution < 1.29 is 19.8 Å². The maximum Gasteiger partial charge on any atom is 0.338 e. The van der Waals surface area contributed by atoms with Crippen LogP contribution in [0.15, 0.2) is 0 Å².